The van der Waals surface area contributed by atoms with Crippen LogP contribution >= 0.6 is 0 Å². The number of benzene rings is 1. The second-order valence-corrected chi connectivity index (χ2v) is 4.33. The van der Waals surface area contributed by atoms with E-state index < -0.39 is 0 Å². The van der Waals surface area contributed by atoms with Crippen molar-refractivity contribution in [3.8, 4) is 0 Å². The molecule has 2 aromatic rings. The lowest BCUT2D eigenvalue weighted by molar-refractivity contribution is 0.188. The summed E-state index contributed by atoms with van der Waals surface area (Å²) in [5.74, 6) is 0.851. The van der Waals surface area contributed by atoms with Gasteiger partial charge >= 0.3 is 0 Å². The Morgan fingerprint density at radius 2 is 2.00 bits per heavy atom. The molecule has 0 amide bonds. The minimum absolute atomic E-state index is 0.678. The van der Waals surface area contributed by atoms with Gasteiger partial charge in [-0.25, -0.2) is 4.98 Å². The van der Waals surface area contributed by atoms with Crippen molar-refractivity contribution < 1.29 is 4.74 Å². The molecule has 0 saturated heterocycles. The van der Waals surface area contributed by atoms with Crippen LogP contribution in [0.15, 0.2) is 30.6 Å². The first-order valence-electron chi connectivity index (χ1n) is 6.05. The molecule has 0 bridgehead atoms. The summed E-state index contributed by atoms with van der Waals surface area (Å²) in [4.78, 5) is 4.34. The topological polar surface area (TPSA) is 39.1 Å². The van der Waals surface area contributed by atoms with Crippen molar-refractivity contribution in [3.63, 3.8) is 0 Å². The van der Waals surface area contributed by atoms with Crippen LogP contribution in [0.1, 0.15) is 11.1 Å². The fraction of sp³-hybridized carbons (Fsp3) is 0.357. The molecule has 18 heavy (non-hydrogen) atoms. The summed E-state index contributed by atoms with van der Waals surface area (Å²) in [7, 11) is 1.70. The number of ether oxygens (including phenoxy) is 1. The smallest absolute Gasteiger partial charge is 0.207 e. The van der Waals surface area contributed by atoms with Crippen LogP contribution in [-0.4, -0.2) is 23.3 Å². The maximum atomic E-state index is 5.09. The van der Waals surface area contributed by atoms with E-state index in [4.69, 9.17) is 4.74 Å². The molecule has 0 aliphatic heterocycles. The van der Waals surface area contributed by atoms with Gasteiger partial charge in [0.2, 0.25) is 5.95 Å². The van der Waals surface area contributed by atoms with Crippen molar-refractivity contribution in [1.29, 1.82) is 0 Å². The van der Waals surface area contributed by atoms with Crippen LogP contribution in [0.2, 0.25) is 0 Å². The molecule has 1 aromatic heterocycles. The third-order valence-electron chi connectivity index (χ3n) is 2.97. The zero-order chi connectivity index (χ0) is 13.0. The van der Waals surface area contributed by atoms with Crippen molar-refractivity contribution in [2.45, 2.75) is 20.4 Å². The molecule has 0 unspecified atom stereocenters. The predicted molar refractivity (Wildman–Crippen MR) is 73.3 cm³/mol. The van der Waals surface area contributed by atoms with E-state index >= 15 is 0 Å². The number of hydrogen-bond acceptors (Lipinski definition) is 3. The van der Waals surface area contributed by atoms with Crippen LogP contribution in [0.3, 0.4) is 0 Å². The molecule has 4 nitrogen and oxygen atoms in total. The standard InChI is InChI=1S/C14H19N3O/c1-11-5-4-6-12(2)13(11)16-14-15-7-8-17(14)9-10-18-3/h4-8H,9-10H2,1-3H3,(H,15,16). The molecule has 0 atom stereocenters. The van der Waals surface area contributed by atoms with Crippen molar-refractivity contribution in [2.24, 2.45) is 0 Å². The molecule has 96 valence electrons. The zero-order valence-corrected chi connectivity index (χ0v) is 11.1. The Morgan fingerprint density at radius 3 is 2.67 bits per heavy atom. The molecule has 0 spiro atoms. The molecule has 0 saturated carbocycles. The number of para-hydroxylation sites is 1. The second kappa shape index (κ2) is 5.69. The van der Waals surface area contributed by atoms with Crippen LogP contribution in [0.4, 0.5) is 11.6 Å². The zero-order valence-electron chi connectivity index (χ0n) is 11.1. The van der Waals surface area contributed by atoms with E-state index in [9.17, 15) is 0 Å². The van der Waals surface area contributed by atoms with Gasteiger partial charge < -0.3 is 14.6 Å². The number of rotatable bonds is 5. The molecule has 0 aliphatic rings. The third kappa shape index (κ3) is 2.71. The van der Waals surface area contributed by atoms with E-state index in [0.29, 0.717) is 6.61 Å². The van der Waals surface area contributed by atoms with E-state index in [1.165, 1.54) is 11.1 Å². The Morgan fingerprint density at radius 1 is 1.28 bits per heavy atom. The van der Waals surface area contributed by atoms with E-state index in [1.54, 1.807) is 13.3 Å². The van der Waals surface area contributed by atoms with Crippen LogP contribution in [0.25, 0.3) is 0 Å². The predicted octanol–water partition coefficient (Wildman–Crippen LogP) is 2.89. The average Bonchev–Trinajstić information content (AvgIpc) is 2.79. The highest BCUT2D eigenvalue weighted by molar-refractivity contribution is 5.62. The summed E-state index contributed by atoms with van der Waals surface area (Å²) >= 11 is 0. The number of nitrogens with zero attached hydrogens (tertiary/aromatic N) is 2. The van der Waals surface area contributed by atoms with Gasteiger partial charge in [0.05, 0.1) is 6.61 Å². The van der Waals surface area contributed by atoms with Crippen LogP contribution in [0.5, 0.6) is 0 Å². The molecule has 2 rings (SSSR count). The van der Waals surface area contributed by atoms with E-state index in [0.717, 1.165) is 18.2 Å². The third-order valence-corrected chi connectivity index (χ3v) is 2.97. The number of aryl methyl sites for hydroxylation is 2. The lowest BCUT2D eigenvalue weighted by atomic mass is 10.1. The SMILES string of the molecule is COCCn1ccnc1Nc1c(C)cccc1C. The Balaban J connectivity index is 2.21. The number of anilines is 2. The van der Waals surface area contributed by atoms with Crippen LogP contribution in [0, 0.1) is 13.8 Å². The molecule has 0 fully saturated rings. The van der Waals surface area contributed by atoms with Crippen molar-refractivity contribution in [3.05, 3.63) is 41.7 Å². The Bertz CT molecular complexity index is 499. The maximum Gasteiger partial charge on any atom is 0.207 e. The lowest BCUT2D eigenvalue weighted by Crippen LogP contribution is -2.08. The molecule has 1 aromatic carbocycles. The highest BCUT2D eigenvalue weighted by Crippen LogP contribution is 2.23. The van der Waals surface area contributed by atoms with Crippen molar-refractivity contribution >= 4 is 11.6 Å². The van der Waals surface area contributed by atoms with Gasteiger partial charge in [-0.2, -0.15) is 0 Å². The average molecular weight is 245 g/mol. The highest BCUT2D eigenvalue weighted by Gasteiger charge is 2.06. The van der Waals surface area contributed by atoms with Gasteiger partial charge in [0.15, 0.2) is 0 Å². The van der Waals surface area contributed by atoms with E-state index in [1.807, 2.05) is 6.20 Å². The summed E-state index contributed by atoms with van der Waals surface area (Å²) in [6, 6.07) is 6.25. The van der Waals surface area contributed by atoms with Gasteiger partial charge in [0.1, 0.15) is 0 Å². The number of hydrogen-bond donors (Lipinski definition) is 1. The molecular formula is C14H19N3O. The first-order valence-corrected chi connectivity index (χ1v) is 6.05. The summed E-state index contributed by atoms with van der Waals surface area (Å²) in [5, 5.41) is 3.39. The molecule has 1 N–H and O–H groups in total. The van der Waals surface area contributed by atoms with Gasteiger partial charge in [-0.3, -0.25) is 0 Å². The number of imidazole rings is 1. The fourth-order valence-corrected chi connectivity index (χ4v) is 1.93. The number of nitrogens with one attached hydrogen (secondary N) is 1. The summed E-state index contributed by atoms with van der Waals surface area (Å²) in [6.07, 6.45) is 3.75. The quantitative estimate of drug-likeness (QED) is 0.880. The normalized spacial score (nSPS) is 10.6. The van der Waals surface area contributed by atoms with Gasteiger partial charge in [-0.05, 0) is 25.0 Å². The maximum absolute atomic E-state index is 5.09. The van der Waals surface area contributed by atoms with Gasteiger partial charge in [-0.15, -0.1) is 0 Å². The van der Waals surface area contributed by atoms with Crippen molar-refractivity contribution in [2.75, 3.05) is 19.0 Å². The van der Waals surface area contributed by atoms with Crippen LogP contribution < -0.4 is 5.32 Å². The second-order valence-electron chi connectivity index (χ2n) is 4.33. The Labute approximate surface area is 108 Å². The lowest BCUT2D eigenvalue weighted by Gasteiger charge is -2.13. The molecular weight excluding hydrogens is 226 g/mol. The molecule has 0 aliphatic carbocycles. The highest BCUT2D eigenvalue weighted by atomic mass is 16.5. The molecule has 1 heterocycles. The first-order chi connectivity index (χ1) is 8.72. The largest absolute Gasteiger partial charge is 0.383 e. The number of methoxy groups -OCH3 is 1. The first kappa shape index (κ1) is 12.6. The summed E-state index contributed by atoms with van der Waals surface area (Å²) in [5.41, 5.74) is 3.56. The molecule has 4 heteroatoms. The fourth-order valence-electron chi connectivity index (χ4n) is 1.93. The van der Waals surface area contributed by atoms with Crippen LogP contribution in [-0.2, 0) is 11.3 Å². The van der Waals surface area contributed by atoms with Gasteiger partial charge in [0, 0.05) is 31.7 Å². The molecule has 0 radical (unpaired) electrons. The van der Waals surface area contributed by atoms with E-state index in [2.05, 4.69) is 46.9 Å². The monoisotopic (exact) mass is 245 g/mol. The Hall–Kier alpha value is -1.81. The van der Waals surface area contributed by atoms with Crippen molar-refractivity contribution in [1.82, 2.24) is 9.55 Å². The minimum Gasteiger partial charge on any atom is -0.383 e. The minimum atomic E-state index is 0.678. The van der Waals surface area contributed by atoms with Gasteiger partial charge in [0.25, 0.3) is 0 Å². The summed E-state index contributed by atoms with van der Waals surface area (Å²) in [6.45, 7) is 5.66. The summed E-state index contributed by atoms with van der Waals surface area (Å²) < 4.78 is 7.14. The number of aromatic nitrogens is 2. The Kier molecular flexibility index (Phi) is 3.99. The van der Waals surface area contributed by atoms with Gasteiger partial charge in [-0.1, -0.05) is 18.2 Å². The van der Waals surface area contributed by atoms with E-state index in [-0.39, 0.29) is 0 Å².